The minimum atomic E-state index is -0.538. The van der Waals surface area contributed by atoms with E-state index in [-0.39, 0.29) is 19.0 Å². The van der Waals surface area contributed by atoms with E-state index in [0.29, 0.717) is 6.42 Å². The molecule has 4 heteroatoms. The van der Waals surface area contributed by atoms with Crippen LogP contribution in [0.5, 0.6) is 0 Å². The molecule has 1 aromatic carbocycles. The summed E-state index contributed by atoms with van der Waals surface area (Å²) in [7, 11) is 0. The van der Waals surface area contributed by atoms with Gasteiger partial charge in [0.15, 0.2) is 0 Å². The van der Waals surface area contributed by atoms with Crippen molar-refractivity contribution in [2.45, 2.75) is 18.5 Å². The lowest BCUT2D eigenvalue weighted by Gasteiger charge is -2.36. The van der Waals surface area contributed by atoms with Gasteiger partial charge in [0.05, 0.1) is 5.66 Å². The Kier molecular flexibility index (Phi) is 4.11. The molecule has 1 atom stereocenters. The smallest absolute Gasteiger partial charge is 0.0949 e. The van der Waals surface area contributed by atoms with Gasteiger partial charge in [0, 0.05) is 19.6 Å². The third kappa shape index (κ3) is 2.32. The van der Waals surface area contributed by atoms with Gasteiger partial charge in [-0.15, -0.1) is 12.4 Å². The van der Waals surface area contributed by atoms with Crippen molar-refractivity contribution in [1.82, 2.24) is 5.32 Å². The van der Waals surface area contributed by atoms with Crippen LogP contribution < -0.4 is 11.1 Å². The number of hydrogen-bond donors (Lipinski definition) is 3. The van der Waals surface area contributed by atoms with Crippen molar-refractivity contribution in [3.63, 3.8) is 0 Å². The molecule has 2 rings (SSSR count). The van der Waals surface area contributed by atoms with Gasteiger partial charge in [-0.2, -0.15) is 0 Å². The van der Waals surface area contributed by atoms with Crippen LogP contribution in [0.2, 0.25) is 0 Å². The van der Waals surface area contributed by atoms with Gasteiger partial charge in [0.1, 0.15) is 0 Å². The van der Waals surface area contributed by atoms with Gasteiger partial charge in [-0.3, -0.25) is 5.32 Å². The predicted octanol–water partition coefficient (Wildman–Crippen LogP) is 0.748. The topological polar surface area (TPSA) is 58.3 Å². The fraction of sp³-hybridized carbons (Fsp3) is 0.455. The number of benzene rings is 1. The maximum atomic E-state index is 8.99. The molecule has 3 nitrogen and oxygen atoms in total. The van der Waals surface area contributed by atoms with Crippen molar-refractivity contribution in [3.05, 3.63) is 35.4 Å². The van der Waals surface area contributed by atoms with Gasteiger partial charge < -0.3 is 10.8 Å². The normalized spacial score (nSPS) is 24.1. The largest absolute Gasteiger partial charge is 0.396 e. The van der Waals surface area contributed by atoms with Crippen LogP contribution in [0.15, 0.2) is 24.3 Å². The van der Waals surface area contributed by atoms with Crippen LogP contribution in [0.25, 0.3) is 0 Å². The number of aliphatic hydroxyl groups excluding tert-OH is 1. The first-order valence-electron chi connectivity index (χ1n) is 4.99. The van der Waals surface area contributed by atoms with Crippen molar-refractivity contribution in [2.24, 2.45) is 5.73 Å². The van der Waals surface area contributed by atoms with E-state index >= 15 is 0 Å². The average Bonchev–Trinajstić information content (AvgIpc) is 2.19. The van der Waals surface area contributed by atoms with Crippen molar-refractivity contribution in [3.8, 4) is 0 Å². The molecule has 0 fully saturated rings. The molecule has 0 saturated carbocycles. The Balaban J connectivity index is 0.00000112. The molecule has 1 unspecified atom stereocenters. The van der Waals surface area contributed by atoms with Crippen LogP contribution >= 0.6 is 12.4 Å². The van der Waals surface area contributed by atoms with Crippen LogP contribution in [-0.2, 0) is 12.1 Å². The first kappa shape index (κ1) is 12.5. The second kappa shape index (κ2) is 4.94. The highest BCUT2D eigenvalue weighted by molar-refractivity contribution is 5.85. The van der Waals surface area contributed by atoms with Crippen molar-refractivity contribution in [1.29, 1.82) is 0 Å². The Morgan fingerprint density at radius 3 is 2.87 bits per heavy atom. The minimum Gasteiger partial charge on any atom is -0.396 e. The lowest BCUT2D eigenvalue weighted by Crippen LogP contribution is -2.54. The second-order valence-electron chi connectivity index (χ2n) is 3.78. The van der Waals surface area contributed by atoms with Crippen LogP contribution in [0, 0.1) is 0 Å². The maximum absolute atomic E-state index is 8.99. The molecule has 15 heavy (non-hydrogen) atoms. The number of halogens is 1. The molecule has 1 aliphatic rings. The van der Waals surface area contributed by atoms with E-state index < -0.39 is 5.66 Å². The predicted molar refractivity (Wildman–Crippen MR) is 63.0 cm³/mol. The Morgan fingerprint density at radius 2 is 2.13 bits per heavy atom. The summed E-state index contributed by atoms with van der Waals surface area (Å²) in [5.41, 5.74) is 8.09. The molecule has 0 radical (unpaired) electrons. The van der Waals surface area contributed by atoms with Gasteiger partial charge >= 0.3 is 0 Å². The number of aliphatic hydroxyl groups is 1. The molecule has 1 aliphatic heterocycles. The molecule has 0 amide bonds. The van der Waals surface area contributed by atoms with E-state index in [1.807, 2.05) is 18.2 Å². The highest BCUT2D eigenvalue weighted by Crippen LogP contribution is 2.26. The zero-order chi connectivity index (χ0) is 10.0. The fourth-order valence-corrected chi connectivity index (χ4v) is 2.09. The lowest BCUT2D eigenvalue weighted by atomic mass is 9.88. The number of hydrogen-bond acceptors (Lipinski definition) is 3. The van der Waals surface area contributed by atoms with Crippen LogP contribution in [0.4, 0.5) is 0 Å². The highest BCUT2D eigenvalue weighted by Gasteiger charge is 2.30. The zero-order valence-corrected chi connectivity index (χ0v) is 9.39. The Labute approximate surface area is 96.1 Å². The van der Waals surface area contributed by atoms with E-state index in [0.717, 1.165) is 18.5 Å². The van der Waals surface area contributed by atoms with Gasteiger partial charge in [0.2, 0.25) is 0 Å². The summed E-state index contributed by atoms with van der Waals surface area (Å²) in [5, 5.41) is 12.3. The standard InChI is InChI=1S/C11H16N2O.ClH/c12-11(6-8-14)10-4-2-1-3-9(10)5-7-13-11;/h1-4,13-14H,5-8,12H2;1H. The molecule has 84 valence electrons. The Hall–Kier alpha value is -0.610. The summed E-state index contributed by atoms with van der Waals surface area (Å²) < 4.78 is 0. The van der Waals surface area contributed by atoms with Gasteiger partial charge in [-0.05, 0) is 17.5 Å². The maximum Gasteiger partial charge on any atom is 0.0949 e. The van der Waals surface area contributed by atoms with E-state index in [1.54, 1.807) is 0 Å². The lowest BCUT2D eigenvalue weighted by molar-refractivity contribution is 0.207. The monoisotopic (exact) mass is 228 g/mol. The van der Waals surface area contributed by atoms with E-state index in [2.05, 4.69) is 11.4 Å². The molecule has 0 aliphatic carbocycles. The third-order valence-electron chi connectivity index (χ3n) is 2.84. The van der Waals surface area contributed by atoms with Crippen LogP contribution in [-0.4, -0.2) is 18.3 Å². The summed E-state index contributed by atoms with van der Waals surface area (Å²) >= 11 is 0. The number of nitrogens with one attached hydrogen (secondary N) is 1. The summed E-state index contributed by atoms with van der Waals surface area (Å²) in [6.45, 7) is 0.991. The zero-order valence-electron chi connectivity index (χ0n) is 8.57. The number of fused-ring (bicyclic) bond motifs is 1. The molecule has 0 bridgehead atoms. The number of rotatable bonds is 2. The van der Waals surface area contributed by atoms with Crippen molar-refractivity contribution in [2.75, 3.05) is 13.2 Å². The molecule has 0 spiro atoms. The molecule has 1 aromatic rings. The molecular formula is C11H17ClN2O. The van der Waals surface area contributed by atoms with Crippen molar-refractivity contribution < 1.29 is 5.11 Å². The quantitative estimate of drug-likeness (QED) is 0.700. The summed E-state index contributed by atoms with van der Waals surface area (Å²) in [5.74, 6) is 0. The van der Waals surface area contributed by atoms with Crippen LogP contribution in [0.3, 0.4) is 0 Å². The summed E-state index contributed by atoms with van der Waals surface area (Å²) in [4.78, 5) is 0. The average molecular weight is 229 g/mol. The SMILES string of the molecule is Cl.NC1(CCO)NCCc2ccccc21. The fourth-order valence-electron chi connectivity index (χ4n) is 2.09. The van der Waals surface area contributed by atoms with Gasteiger partial charge in [0.25, 0.3) is 0 Å². The summed E-state index contributed by atoms with van der Waals surface area (Å²) in [6.07, 6.45) is 1.57. The van der Waals surface area contributed by atoms with E-state index in [9.17, 15) is 0 Å². The van der Waals surface area contributed by atoms with Gasteiger partial charge in [-0.1, -0.05) is 24.3 Å². The van der Waals surface area contributed by atoms with E-state index in [4.69, 9.17) is 10.8 Å². The molecular weight excluding hydrogens is 212 g/mol. The molecule has 1 heterocycles. The van der Waals surface area contributed by atoms with Crippen molar-refractivity contribution >= 4 is 12.4 Å². The molecule has 4 N–H and O–H groups in total. The second-order valence-corrected chi connectivity index (χ2v) is 3.78. The Morgan fingerprint density at radius 1 is 1.40 bits per heavy atom. The first-order chi connectivity index (χ1) is 6.76. The summed E-state index contributed by atoms with van der Waals surface area (Å²) in [6, 6.07) is 8.17. The minimum absolute atomic E-state index is 0. The van der Waals surface area contributed by atoms with Crippen LogP contribution in [0.1, 0.15) is 17.5 Å². The number of nitrogens with two attached hydrogens (primary N) is 1. The van der Waals surface area contributed by atoms with Gasteiger partial charge in [-0.25, -0.2) is 0 Å². The highest BCUT2D eigenvalue weighted by atomic mass is 35.5. The first-order valence-corrected chi connectivity index (χ1v) is 4.99. The molecule has 0 aromatic heterocycles. The van der Waals surface area contributed by atoms with E-state index in [1.165, 1.54) is 5.56 Å². The molecule has 0 saturated heterocycles. The third-order valence-corrected chi connectivity index (χ3v) is 2.84. The Bertz CT molecular complexity index is 332.